The number of nitrogens with two attached hydrogens (primary N) is 1. The Morgan fingerprint density at radius 1 is 1.56 bits per heavy atom. The first kappa shape index (κ1) is 13.3. The Morgan fingerprint density at radius 2 is 2.12 bits per heavy atom. The molecule has 1 heterocycles. The van der Waals surface area contributed by atoms with E-state index in [1.54, 1.807) is 4.90 Å². The van der Waals surface area contributed by atoms with Crippen LogP contribution in [0.1, 0.15) is 27.7 Å². The second kappa shape index (κ2) is 5.01. The van der Waals surface area contributed by atoms with E-state index in [9.17, 15) is 4.79 Å². The lowest BCUT2D eigenvalue weighted by Crippen LogP contribution is -2.55. The first-order chi connectivity index (χ1) is 7.29. The van der Waals surface area contributed by atoms with Gasteiger partial charge in [-0.1, -0.05) is 0 Å². The van der Waals surface area contributed by atoms with Gasteiger partial charge in [-0.05, 0) is 27.7 Å². The summed E-state index contributed by atoms with van der Waals surface area (Å²) in [6.45, 7) is 9.09. The molecule has 1 amide bonds. The normalized spacial score (nSPS) is 18.8. The van der Waals surface area contributed by atoms with Crippen LogP contribution in [0.15, 0.2) is 0 Å². The van der Waals surface area contributed by atoms with E-state index in [0.717, 1.165) is 0 Å². The second-order valence-electron chi connectivity index (χ2n) is 5.30. The van der Waals surface area contributed by atoms with Gasteiger partial charge in [0.25, 0.3) is 0 Å². The minimum absolute atomic E-state index is 0.0619. The molecule has 1 aliphatic heterocycles. The number of carbonyl (C=O) groups is 1. The lowest BCUT2D eigenvalue weighted by Gasteiger charge is -2.38. The summed E-state index contributed by atoms with van der Waals surface area (Å²) in [6, 6.07) is 0.0500. The molecule has 2 N–H and O–H groups in total. The van der Waals surface area contributed by atoms with Gasteiger partial charge < -0.3 is 15.2 Å². The minimum Gasteiger partial charge on any atom is -0.444 e. The maximum absolute atomic E-state index is 11.9. The molecule has 16 heavy (non-hydrogen) atoms. The van der Waals surface area contributed by atoms with Crippen molar-refractivity contribution in [1.82, 2.24) is 4.90 Å². The number of ether oxygens (including phenoxy) is 2. The number of hydrogen-bond donors (Lipinski definition) is 1. The van der Waals surface area contributed by atoms with Gasteiger partial charge in [0.15, 0.2) is 0 Å². The number of rotatable bonds is 3. The Kier molecular flexibility index (Phi) is 4.15. The van der Waals surface area contributed by atoms with Crippen LogP contribution in [-0.4, -0.2) is 48.4 Å². The van der Waals surface area contributed by atoms with E-state index in [0.29, 0.717) is 19.8 Å². The third-order valence-corrected chi connectivity index (χ3v) is 2.17. The van der Waals surface area contributed by atoms with Crippen molar-refractivity contribution in [3.63, 3.8) is 0 Å². The molecule has 1 unspecified atom stereocenters. The van der Waals surface area contributed by atoms with Crippen molar-refractivity contribution in [2.24, 2.45) is 5.73 Å². The second-order valence-corrected chi connectivity index (χ2v) is 5.30. The van der Waals surface area contributed by atoms with Crippen LogP contribution < -0.4 is 5.73 Å². The molecule has 0 spiro atoms. The van der Waals surface area contributed by atoms with Gasteiger partial charge in [-0.2, -0.15) is 0 Å². The lowest BCUT2D eigenvalue weighted by molar-refractivity contribution is -0.0713. The molecule has 1 rings (SSSR count). The number of nitrogens with zero attached hydrogens (tertiary/aromatic N) is 1. The predicted octanol–water partition coefficient (Wildman–Crippen LogP) is 0.969. The number of carbonyl (C=O) groups excluding carboxylic acids is 1. The predicted molar refractivity (Wildman–Crippen MR) is 61.2 cm³/mol. The summed E-state index contributed by atoms with van der Waals surface area (Å²) >= 11 is 0. The lowest BCUT2D eigenvalue weighted by atomic mass is 10.2. The van der Waals surface area contributed by atoms with Crippen molar-refractivity contribution in [3.05, 3.63) is 0 Å². The van der Waals surface area contributed by atoms with Crippen molar-refractivity contribution < 1.29 is 14.3 Å². The first-order valence-corrected chi connectivity index (χ1v) is 5.62. The zero-order valence-electron chi connectivity index (χ0n) is 10.5. The Hall–Kier alpha value is -0.810. The molecule has 0 aliphatic carbocycles. The topological polar surface area (TPSA) is 64.8 Å². The number of amides is 1. The fourth-order valence-electron chi connectivity index (χ4n) is 1.41. The molecule has 0 saturated carbocycles. The Balaban J connectivity index is 2.57. The van der Waals surface area contributed by atoms with E-state index in [1.807, 2.05) is 27.7 Å². The third-order valence-electron chi connectivity index (χ3n) is 2.17. The maximum atomic E-state index is 11.9. The molecule has 1 saturated heterocycles. The summed E-state index contributed by atoms with van der Waals surface area (Å²) in [5, 5.41) is 0. The molecule has 94 valence electrons. The SMILES string of the molecule is CC(N)CN(C(=O)OC(C)(C)C)C1COC1. The highest BCUT2D eigenvalue weighted by Gasteiger charge is 2.33. The zero-order chi connectivity index (χ0) is 12.3. The van der Waals surface area contributed by atoms with Gasteiger partial charge in [0.05, 0.1) is 19.3 Å². The first-order valence-electron chi connectivity index (χ1n) is 5.62. The monoisotopic (exact) mass is 230 g/mol. The van der Waals surface area contributed by atoms with Gasteiger partial charge in [0, 0.05) is 12.6 Å². The van der Waals surface area contributed by atoms with Crippen LogP contribution in [0, 0.1) is 0 Å². The Morgan fingerprint density at radius 3 is 2.44 bits per heavy atom. The largest absolute Gasteiger partial charge is 0.444 e. The average molecular weight is 230 g/mol. The average Bonchev–Trinajstić information content (AvgIpc) is 1.95. The highest BCUT2D eigenvalue weighted by molar-refractivity contribution is 5.68. The summed E-state index contributed by atoms with van der Waals surface area (Å²) in [5.41, 5.74) is 5.25. The summed E-state index contributed by atoms with van der Waals surface area (Å²) in [4.78, 5) is 13.6. The van der Waals surface area contributed by atoms with Gasteiger partial charge in [0.2, 0.25) is 0 Å². The van der Waals surface area contributed by atoms with Crippen molar-refractivity contribution in [2.45, 2.75) is 45.4 Å². The fraction of sp³-hybridized carbons (Fsp3) is 0.909. The van der Waals surface area contributed by atoms with Crippen LogP contribution in [-0.2, 0) is 9.47 Å². The quantitative estimate of drug-likeness (QED) is 0.784. The highest BCUT2D eigenvalue weighted by atomic mass is 16.6. The van der Waals surface area contributed by atoms with Crippen LogP contribution in [0.5, 0.6) is 0 Å². The van der Waals surface area contributed by atoms with Gasteiger partial charge in [-0.3, -0.25) is 4.90 Å². The van der Waals surface area contributed by atoms with Gasteiger partial charge in [-0.15, -0.1) is 0 Å². The van der Waals surface area contributed by atoms with Gasteiger partial charge in [-0.25, -0.2) is 4.79 Å². The van der Waals surface area contributed by atoms with E-state index < -0.39 is 5.60 Å². The molecule has 0 bridgehead atoms. The molecule has 1 atom stereocenters. The van der Waals surface area contributed by atoms with Crippen LogP contribution in [0.2, 0.25) is 0 Å². The maximum Gasteiger partial charge on any atom is 0.410 e. The molecule has 0 radical (unpaired) electrons. The summed E-state index contributed by atoms with van der Waals surface area (Å²) in [7, 11) is 0. The third kappa shape index (κ3) is 3.98. The van der Waals surface area contributed by atoms with E-state index >= 15 is 0 Å². The van der Waals surface area contributed by atoms with Crippen LogP contribution >= 0.6 is 0 Å². The smallest absolute Gasteiger partial charge is 0.410 e. The van der Waals surface area contributed by atoms with Crippen LogP contribution in [0.25, 0.3) is 0 Å². The Bertz CT molecular complexity index is 244. The molecule has 0 aromatic rings. The fourth-order valence-corrected chi connectivity index (χ4v) is 1.41. The van der Waals surface area contributed by atoms with Gasteiger partial charge in [0.1, 0.15) is 5.60 Å². The minimum atomic E-state index is -0.474. The van der Waals surface area contributed by atoms with Crippen molar-refractivity contribution in [3.8, 4) is 0 Å². The molecular formula is C11H22N2O3. The zero-order valence-corrected chi connectivity index (χ0v) is 10.5. The van der Waals surface area contributed by atoms with E-state index in [-0.39, 0.29) is 18.2 Å². The van der Waals surface area contributed by atoms with Crippen molar-refractivity contribution >= 4 is 6.09 Å². The van der Waals surface area contributed by atoms with E-state index in [1.165, 1.54) is 0 Å². The standard InChI is InChI=1S/C11H22N2O3/c1-8(12)5-13(9-6-15-7-9)10(14)16-11(2,3)4/h8-9H,5-7,12H2,1-4H3. The summed E-state index contributed by atoms with van der Waals surface area (Å²) < 4.78 is 10.4. The molecule has 0 aromatic carbocycles. The Labute approximate surface area is 96.9 Å². The molecular weight excluding hydrogens is 208 g/mol. The molecule has 1 aliphatic rings. The molecule has 1 fully saturated rings. The van der Waals surface area contributed by atoms with Crippen molar-refractivity contribution in [2.75, 3.05) is 19.8 Å². The highest BCUT2D eigenvalue weighted by Crippen LogP contribution is 2.16. The van der Waals surface area contributed by atoms with Crippen LogP contribution in [0.3, 0.4) is 0 Å². The van der Waals surface area contributed by atoms with E-state index in [2.05, 4.69) is 0 Å². The van der Waals surface area contributed by atoms with Gasteiger partial charge >= 0.3 is 6.09 Å². The molecule has 5 heteroatoms. The molecule has 0 aromatic heterocycles. The van der Waals surface area contributed by atoms with Crippen molar-refractivity contribution in [1.29, 1.82) is 0 Å². The summed E-state index contributed by atoms with van der Waals surface area (Å²) in [6.07, 6.45) is -0.307. The summed E-state index contributed by atoms with van der Waals surface area (Å²) in [5.74, 6) is 0. The molecule has 5 nitrogen and oxygen atoms in total. The van der Waals surface area contributed by atoms with E-state index in [4.69, 9.17) is 15.2 Å². The number of hydrogen-bond acceptors (Lipinski definition) is 4. The van der Waals surface area contributed by atoms with Crippen LogP contribution in [0.4, 0.5) is 4.79 Å².